The average Bonchev–Trinajstić information content (AvgIpc) is 2.78. The van der Waals surface area contributed by atoms with Crippen molar-refractivity contribution in [3.05, 3.63) is 42.0 Å². The Morgan fingerprint density at radius 2 is 2.06 bits per heavy atom. The van der Waals surface area contributed by atoms with Gasteiger partial charge in [0.2, 0.25) is 5.89 Å². The fourth-order valence-electron chi connectivity index (χ4n) is 1.37. The second kappa shape index (κ2) is 4.45. The van der Waals surface area contributed by atoms with Crippen LogP contribution in [0, 0.1) is 5.82 Å². The summed E-state index contributed by atoms with van der Waals surface area (Å²) in [7, 11) is 0. The summed E-state index contributed by atoms with van der Waals surface area (Å²) < 4.78 is 17.9. The molecule has 0 bridgehead atoms. The van der Waals surface area contributed by atoms with Crippen molar-refractivity contribution in [3.8, 4) is 11.5 Å². The van der Waals surface area contributed by atoms with Crippen molar-refractivity contribution < 1.29 is 13.9 Å². The molecule has 0 aliphatic carbocycles. The van der Waals surface area contributed by atoms with E-state index in [1.807, 2.05) is 6.92 Å². The van der Waals surface area contributed by atoms with E-state index in [1.54, 1.807) is 12.1 Å². The lowest BCUT2D eigenvalue weighted by Crippen LogP contribution is -1.94. The monoisotopic (exact) mass is 221 g/mol. The van der Waals surface area contributed by atoms with Gasteiger partial charge in [0, 0.05) is 5.56 Å². The minimum atomic E-state index is -0.613. The first-order valence-corrected chi connectivity index (χ1v) is 5.10. The second-order valence-electron chi connectivity index (χ2n) is 3.51. The lowest BCUT2D eigenvalue weighted by molar-refractivity contribution is 0.169. The van der Waals surface area contributed by atoms with Crippen LogP contribution in [-0.2, 0) is 0 Å². The Labute approximate surface area is 92.6 Å². The molecular formula is C12H12FNO2. The van der Waals surface area contributed by atoms with Crippen molar-refractivity contribution in [2.45, 2.75) is 19.4 Å². The first-order valence-electron chi connectivity index (χ1n) is 5.10. The zero-order chi connectivity index (χ0) is 11.5. The van der Waals surface area contributed by atoms with Crippen molar-refractivity contribution in [1.82, 2.24) is 4.98 Å². The number of oxazole rings is 1. The molecule has 0 spiro atoms. The first kappa shape index (κ1) is 10.8. The standard InChI is InChI=1S/C12H12FNO2/c1-2-11(15)10-7-16-12(14-10)8-3-5-9(13)6-4-8/h3-7,11,15H,2H2,1H3. The van der Waals surface area contributed by atoms with E-state index in [1.165, 1.54) is 18.4 Å². The summed E-state index contributed by atoms with van der Waals surface area (Å²) in [4.78, 5) is 4.14. The molecule has 0 saturated carbocycles. The van der Waals surface area contributed by atoms with Crippen LogP contribution >= 0.6 is 0 Å². The van der Waals surface area contributed by atoms with Gasteiger partial charge in [-0.1, -0.05) is 6.92 Å². The van der Waals surface area contributed by atoms with Gasteiger partial charge in [0.1, 0.15) is 17.8 Å². The number of benzene rings is 1. The van der Waals surface area contributed by atoms with Crippen LogP contribution in [0.4, 0.5) is 4.39 Å². The predicted molar refractivity (Wildman–Crippen MR) is 57.1 cm³/mol. The maximum atomic E-state index is 12.7. The van der Waals surface area contributed by atoms with Gasteiger partial charge in [-0.15, -0.1) is 0 Å². The van der Waals surface area contributed by atoms with Gasteiger partial charge >= 0.3 is 0 Å². The molecule has 0 radical (unpaired) electrons. The van der Waals surface area contributed by atoms with Crippen LogP contribution in [0.15, 0.2) is 34.9 Å². The molecule has 0 fully saturated rings. The fraction of sp³-hybridized carbons (Fsp3) is 0.250. The van der Waals surface area contributed by atoms with Crippen molar-refractivity contribution >= 4 is 0 Å². The minimum Gasteiger partial charge on any atom is -0.444 e. The third kappa shape index (κ3) is 2.12. The fourth-order valence-corrected chi connectivity index (χ4v) is 1.37. The molecular weight excluding hydrogens is 209 g/mol. The number of aromatic nitrogens is 1. The molecule has 1 unspecified atom stereocenters. The third-order valence-electron chi connectivity index (χ3n) is 2.34. The summed E-state index contributed by atoms with van der Waals surface area (Å²) in [6.07, 6.45) is 1.39. The second-order valence-corrected chi connectivity index (χ2v) is 3.51. The number of hydrogen-bond acceptors (Lipinski definition) is 3. The van der Waals surface area contributed by atoms with Gasteiger partial charge in [-0.3, -0.25) is 0 Å². The average molecular weight is 221 g/mol. The Hall–Kier alpha value is -1.68. The summed E-state index contributed by atoms with van der Waals surface area (Å²) >= 11 is 0. The quantitative estimate of drug-likeness (QED) is 0.866. The third-order valence-corrected chi connectivity index (χ3v) is 2.34. The van der Waals surface area contributed by atoms with E-state index in [0.29, 0.717) is 23.6 Å². The van der Waals surface area contributed by atoms with Crippen LogP contribution in [0.1, 0.15) is 25.1 Å². The largest absolute Gasteiger partial charge is 0.444 e. The molecule has 2 aromatic rings. The van der Waals surface area contributed by atoms with Crippen LogP contribution in [0.5, 0.6) is 0 Å². The van der Waals surface area contributed by atoms with Gasteiger partial charge in [-0.2, -0.15) is 0 Å². The smallest absolute Gasteiger partial charge is 0.226 e. The van der Waals surface area contributed by atoms with Gasteiger partial charge < -0.3 is 9.52 Å². The normalized spacial score (nSPS) is 12.7. The van der Waals surface area contributed by atoms with E-state index in [-0.39, 0.29) is 5.82 Å². The molecule has 2 rings (SSSR count). The summed E-state index contributed by atoms with van der Waals surface area (Å²) in [6.45, 7) is 1.86. The van der Waals surface area contributed by atoms with E-state index in [9.17, 15) is 9.50 Å². The van der Waals surface area contributed by atoms with Crippen LogP contribution in [0.3, 0.4) is 0 Å². The van der Waals surface area contributed by atoms with E-state index in [2.05, 4.69) is 4.98 Å². The molecule has 0 aliphatic heterocycles. The molecule has 1 aromatic carbocycles. The molecule has 1 heterocycles. The molecule has 0 amide bonds. The molecule has 1 atom stereocenters. The summed E-state index contributed by atoms with van der Waals surface area (Å²) in [6, 6.07) is 5.86. The lowest BCUT2D eigenvalue weighted by Gasteiger charge is -2.00. The number of aliphatic hydroxyl groups is 1. The molecule has 3 nitrogen and oxygen atoms in total. The molecule has 16 heavy (non-hydrogen) atoms. The van der Waals surface area contributed by atoms with E-state index < -0.39 is 6.10 Å². The Morgan fingerprint density at radius 3 is 2.69 bits per heavy atom. The van der Waals surface area contributed by atoms with E-state index in [0.717, 1.165) is 0 Å². The number of rotatable bonds is 3. The van der Waals surface area contributed by atoms with Crippen LogP contribution in [-0.4, -0.2) is 10.1 Å². The number of nitrogens with zero attached hydrogens (tertiary/aromatic N) is 1. The predicted octanol–water partition coefficient (Wildman–Crippen LogP) is 2.92. The minimum absolute atomic E-state index is 0.302. The van der Waals surface area contributed by atoms with Crippen LogP contribution < -0.4 is 0 Å². The van der Waals surface area contributed by atoms with Crippen molar-refractivity contribution in [2.24, 2.45) is 0 Å². The highest BCUT2D eigenvalue weighted by molar-refractivity contribution is 5.52. The molecule has 0 aliphatic rings. The van der Waals surface area contributed by atoms with Crippen molar-refractivity contribution in [2.75, 3.05) is 0 Å². The number of hydrogen-bond donors (Lipinski definition) is 1. The summed E-state index contributed by atoms with van der Waals surface area (Å²) in [5.74, 6) is 0.0895. The lowest BCUT2D eigenvalue weighted by atomic mass is 10.2. The number of aliphatic hydroxyl groups excluding tert-OH is 1. The Kier molecular flexibility index (Phi) is 3.01. The summed E-state index contributed by atoms with van der Waals surface area (Å²) in [5.41, 5.74) is 1.19. The molecule has 1 N–H and O–H groups in total. The zero-order valence-corrected chi connectivity index (χ0v) is 8.85. The Balaban J connectivity index is 2.28. The van der Waals surface area contributed by atoms with Gasteiger partial charge in [0.05, 0.1) is 6.10 Å². The first-order chi connectivity index (χ1) is 7.70. The van der Waals surface area contributed by atoms with Gasteiger partial charge in [0.15, 0.2) is 0 Å². The topological polar surface area (TPSA) is 46.3 Å². The van der Waals surface area contributed by atoms with E-state index >= 15 is 0 Å². The van der Waals surface area contributed by atoms with Gasteiger partial charge in [-0.05, 0) is 30.7 Å². The highest BCUT2D eigenvalue weighted by Crippen LogP contribution is 2.22. The SMILES string of the molecule is CCC(O)c1coc(-c2ccc(F)cc2)n1. The molecule has 84 valence electrons. The Morgan fingerprint density at radius 1 is 1.38 bits per heavy atom. The molecule has 4 heteroatoms. The Bertz CT molecular complexity index is 464. The van der Waals surface area contributed by atoms with Gasteiger partial charge in [0.25, 0.3) is 0 Å². The highest BCUT2D eigenvalue weighted by Gasteiger charge is 2.12. The van der Waals surface area contributed by atoms with Crippen LogP contribution in [0.2, 0.25) is 0 Å². The molecule has 0 saturated heterocycles. The van der Waals surface area contributed by atoms with Crippen molar-refractivity contribution in [3.63, 3.8) is 0 Å². The maximum Gasteiger partial charge on any atom is 0.226 e. The van der Waals surface area contributed by atoms with Gasteiger partial charge in [-0.25, -0.2) is 9.37 Å². The summed E-state index contributed by atoms with van der Waals surface area (Å²) in [5, 5.41) is 9.55. The highest BCUT2D eigenvalue weighted by atomic mass is 19.1. The zero-order valence-electron chi connectivity index (χ0n) is 8.85. The maximum absolute atomic E-state index is 12.7. The van der Waals surface area contributed by atoms with E-state index in [4.69, 9.17) is 4.42 Å². The van der Waals surface area contributed by atoms with Crippen molar-refractivity contribution in [1.29, 1.82) is 0 Å². The van der Waals surface area contributed by atoms with Crippen LogP contribution in [0.25, 0.3) is 11.5 Å². The molecule has 1 aromatic heterocycles. The number of halogens is 1.